The van der Waals surface area contributed by atoms with Gasteiger partial charge in [-0.3, -0.25) is 0 Å². The van der Waals surface area contributed by atoms with Gasteiger partial charge in [0.15, 0.2) is 0 Å². The summed E-state index contributed by atoms with van der Waals surface area (Å²) in [6.45, 7) is 0.616. The molecule has 3 nitrogen and oxygen atoms in total. The van der Waals surface area contributed by atoms with E-state index >= 15 is 0 Å². The predicted molar refractivity (Wildman–Crippen MR) is 89.6 cm³/mol. The van der Waals surface area contributed by atoms with E-state index in [1.807, 2.05) is 6.07 Å². The first-order valence-electron chi connectivity index (χ1n) is 8.40. The number of hydrogen-bond donors (Lipinski definition) is 3. The van der Waals surface area contributed by atoms with Crippen molar-refractivity contribution in [3.63, 3.8) is 0 Å². The Bertz CT molecular complexity index is 329. The van der Waals surface area contributed by atoms with E-state index in [1.54, 1.807) is 0 Å². The first-order valence-corrected chi connectivity index (χ1v) is 8.40. The third kappa shape index (κ3) is 9.48. The average molecular weight is 293 g/mol. The Hall–Kier alpha value is -1.06. The summed E-state index contributed by atoms with van der Waals surface area (Å²) in [6.07, 6.45) is 9.99. The van der Waals surface area contributed by atoms with Gasteiger partial charge >= 0.3 is 0 Å². The standard InChI is InChI=1S/C18H31NO2/c20-15-9-2-1-5-11-17(14-8-4-10-16-21)19-18-12-6-3-7-13-18/h3,6-7,12-13,17,19-21H,1-2,4-5,8-11,14-16H2. The van der Waals surface area contributed by atoms with Crippen LogP contribution in [0.4, 0.5) is 5.69 Å². The van der Waals surface area contributed by atoms with Gasteiger partial charge in [0.2, 0.25) is 0 Å². The minimum absolute atomic E-state index is 0.304. The number of para-hydroxylation sites is 1. The average Bonchev–Trinajstić information content (AvgIpc) is 2.52. The molecule has 21 heavy (non-hydrogen) atoms. The van der Waals surface area contributed by atoms with Crippen LogP contribution in [0.15, 0.2) is 30.3 Å². The van der Waals surface area contributed by atoms with Crippen LogP contribution in [-0.2, 0) is 0 Å². The van der Waals surface area contributed by atoms with Crippen LogP contribution >= 0.6 is 0 Å². The summed E-state index contributed by atoms with van der Waals surface area (Å²) in [6, 6.07) is 10.9. The van der Waals surface area contributed by atoms with Crippen LogP contribution in [0.3, 0.4) is 0 Å². The normalized spacial score (nSPS) is 12.3. The number of aliphatic hydroxyl groups excluding tert-OH is 2. The van der Waals surface area contributed by atoms with Crippen molar-refractivity contribution in [3.05, 3.63) is 30.3 Å². The number of nitrogens with one attached hydrogen (secondary N) is 1. The van der Waals surface area contributed by atoms with E-state index in [4.69, 9.17) is 10.2 Å². The molecule has 1 aromatic carbocycles. The molecule has 3 N–H and O–H groups in total. The van der Waals surface area contributed by atoms with E-state index in [1.165, 1.54) is 31.4 Å². The van der Waals surface area contributed by atoms with Crippen molar-refractivity contribution < 1.29 is 10.2 Å². The SMILES string of the molecule is OCCCCCCC(CCCCCO)Nc1ccccc1. The fourth-order valence-electron chi connectivity index (χ4n) is 2.59. The van der Waals surface area contributed by atoms with Gasteiger partial charge in [0.25, 0.3) is 0 Å². The van der Waals surface area contributed by atoms with Gasteiger partial charge in [-0.05, 0) is 37.8 Å². The molecular formula is C18H31NO2. The van der Waals surface area contributed by atoms with E-state index in [2.05, 4.69) is 29.6 Å². The molecule has 0 saturated heterocycles. The minimum Gasteiger partial charge on any atom is -0.396 e. The second kappa shape index (κ2) is 12.7. The highest BCUT2D eigenvalue weighted by Gasteiger charge is 2.08. The van der Waals surface area contributed by atoms with Crippen LogP contribution in [0.1, 0.15) is 57.8 Å². The number of aliphatic hydroxyl groups is 2. The third-order valence-corrected chi connectivity index (χ3v) is 3.82. The molecular weight excluding hydrogens is 262 g/mol. The Kier molecular flexibility index (Phi) is 10.8. The van der Waals surface area contributed by atoms with E-state index in [-0.39, 0.29) is 0 Å². The molecule has 0 aliphatic carbocycles. The number of hydrogen-bond acceptors (Lipinski definition) is 3. The van der Waals surface area contributed by atoms with E-state index < -0.39 is 0 Å². The van der Waals surface area contributed by atoms with Gasteiger partial charge in [-0.15, -0.1) is 0 Å². The van der Waals surface area contributed by atoms with Crippen LogP contribution in [0.5, 0.6) is 0 Å². The van der Waals surface area contributed by atoms with Crippen LogP contribution in [0.2, 0.25) is 0 Å². The summed E-state index contributed by atoms with van der Waals surface area (Å²) in [5.41, 5.74) is 1.19. The maximum atomic E-state index is 8.85. The quantitative estimate of drug-likeness (QED) is 0.482. The maximum Gasteiger partial charge on any atom is 0.0431 e. The summed E-state index contributed by atoms with van der Waals surface area (Å²) in [7, 11) is 0. The van der Waals surface area contributed by atoms with Gasteiger partial charge in [-0.1, -0.05) is 50.3 Å². The van der Waals surface area contributed by atoms with Gasteiger partial charge in [-0.25, -0.2) is 0 Å². The van der Waals surface area contributed by atoms with E-state index in [9.17, 15) is 0 Å². The second-order valence-corrected chi connectivity index (χ2v) is 5.71. The Balaban J connectivity index is 2.30. The zero-order chi connectivity index (χ0) is 15.2. The minimum atomic E-state index is 0.304. The van der Waals surface area contributed by atoms with Gasteiger partial charge in [0, 0.05) is 24.9 Å². The van der Waals surface area contributed by atoms with Crippen LogP contribution in [-0.4, -0.2) is 29.5 Å². The Morgan fingerprint density at radius 1 is 0.714 bits per heavy atom. The highest BCUT2D eigenvalue weighted by atomic mass is 16.3. The molecule has 120 valence electrons. The first kappa shape index (κ1) is 18.0. The van der Waals surface area contributed by atoms with E-state index in [0.717, 1.165) is 32.1 Å². The zero-order valence-electron chi connectivity index (χ0n) is 13.1. The van der Waals surface area contributed by atoms with Gasteiger partial charge in [0.05, 0.1) is 0 Å². The van der Waals surface area contributed by atoms with Crippen molar-refractivity contribution in [3.8, 4) is 0 Å². The molecule has 0 bridgehead atoms. The lowest BCUT2D eigenvalue weighted by Crippen LogP contribution is -2.19. The molecule has 0 aromatic heterocycles. The summed E-state index contributed by atoms with van der Waals surface area (Å²) < 4.78 is 0. The van der Waals surface area contributed by atoms with Gasteiger partial charge in [0.1, 0.15) is 0 Å². The Morgan fingerprint density at radius 2 is 1.24 bits per heavy atom. The fraction of sp³-hybridized carbons (Fsp3) is 0.667. The van der Waals surface area contributed by atoms with E-state index in [0.29, 0.717) is 19.3 Å². The molecule has 0 radical (unpaired) electrons. The fourth-order valence-corrected chi connectivity index (χ4v) is 2.59. The highest BCUT2D eigenvalue weighted by Crippen LogP contribution is 2.17. The van der Waals surface area contributed by atoms with Crippen molar-refractivity contribution >= 4 is 5.69 Å². The molecule has 1 aromatic rings. The highest BCUT2D eigenvalue weighted by molar-refractivity contribution is 5.43. The number of rotatable bonds is 13. The molecule has 0 fully saturated rings. The van der Waals surface area contributed by atoms with Crippen molar-refractivity contribution in [2.45, 2.75) is 63.8 Å². The largest absolute Gasteiger partial charge is 0.396 e. The number of benzene rings is 1. The summed E-state index contributed by atoms with van der Waals surface area (Å²) in [5.74, 6) is 0. The van der Waals surface area contributed by atoms with Crippen LogP contribution in [0, 0.1) is 0 Å². The lowest BCUT2D eigenvalue weighted by Gasteiger charge is -2.20. The third-order valence-electron chi connectivity index (χ3n) is 3.82. The number of anilines is 1. The molecule has 1 unspecified atom stereocenters. The molecule has 0 heterocycles. The first-order chi connectivity index (χ1) is 10.4. The van der Waals surface area contributed by atoms with Crippen LogP contribution < -0.4 is 5.32 Å². The summed E-state index contributed by atoms with van der Waals surface area (Å²) in [5, 5.41) is 21.3. The lowest BCUT2D eigenvalue weighted by molar-refractivity contribution is 0.280. The lowest BCUT2D eigenvalue weighted by atomic mass is 10.0. The predicted octanol–water partition coefficient (Wildman–Crippen LogP) is 3.96. The summed E-state index contributed by atoms with van der Waals surface area (Å²) in [4.78, 5) is 0. The smallest absolute Gasteiger partial charge is 0.0431 e. The van der Waals surface area contributed by atoms with Gasteiger partial charge in [-0.2, -0.15) is 0 Å². The molecule has 3 heteroatoms. The maximum absolute atomic E-state index is 8.85. The summed E-state index contributed by atoms with van der Waals surface area (Å²) >= 11 is 0. The van der Waals surface area contributed by atoms with Crippen molar-refractivity contribution in [1.82, 2.24) is 0 Å². The molecule has 0 spiro atoms. The Labute approximate surface area is 129 Å². The topological polar surface area (TPSA) is 52.5 Å². The second-order valence-electron chi connectivity index (χ2n) is 5.71. The molecule has 0 aliphatic heterocycles. The molecule has 0 aliphatic rings. The monoisotopic (exact) mass is 293 g/mol. The van der Waals surface area contributed by atoms with Crippen molar-refractivity contribution in [2.75, 3.05) is 18.5 Å². The molecule has 0 saturated carbocycles. The zero-order valence-corrected chi connectivity index (χ0v) is 13.1. The van der Waals surface area contributed by atoms with Crippen molar-refractivity contribution in [1.29, 1.82) is 0 Å². The van der Waals surface area contributed by atoms with Crippen molar-refractivity contribution in [2.24, 2.45) is 0 Å². The molecule has 0 amide bonds. The van der Waals surface area contributed by atoms with Crippen LogP contribution in [0.25, 0.3) is 0 Å². The molecule has 1 rings (SSSR count). The molecule has 1 atom stereocenters. The Morgan fingerprint density at radius 3 is 1.81 bits per heavy atom. The van der Waals surface area contributed by atoms with Gasteiger partial charge < -0.3 is 15.5 Å². The number of unbranched alkanes of at least 4 members (excludes halogenated alkanes) is 5.